The second-order valence-corrected chi connectivity index (χ2v) is 11.1. The van der Waals surface area contributed by atoms with Crippen LogP contribution in [-0.4, -0.2) is 66.1 Å². The number of rotatable bonds is 16. The van der Waals surface area contributed by atoms with Crippen molar-refractivity contribution >= 4 is 17.0 Å². The molecule has 0 unspecified atom stereocenters. The van der Waals surface area contributed by atoms with Gasteiger partial charge in [0.25, 0.3) is 0 Å². The van der Waals surface area contributed by atoms with E-state index in [0.29, 0.717) is 30.2 Å². The van der Waals surface area contributed by atoms with Gasteiger partial charge in [-0.25, -0.2) is 9.13 Å². The van der Waals surface area contributed by atoms with Crippen LogP contribution in [0, 0.1) is 19.8 Å². The Labute approximate surface area is 229 Å². The topological polar surface area (TPSA) is 153 Å². The number of carbonyl (C=O) groups is 1. The molecular weight excluding hydrogens is 502 g/mol. The van der Waals surface area contributed by atoms with E-state index in [-0.39, 0.29) is 19.0 Å². The quantitative estimate of drug-likeness (QED) is 0.136. The molecule has 0 fully saturated rings. The van der Waals surface area contributed by atoms with Crippen LogP contribution in [-0.2, 0) is 17.8 Å². The Morgan fingerprint density at radius 2 is 1.72 bits per heavy atom. The highest BCUT2D eigenvalue weighted by Gasteiger charge is 2.31. The monoisotopic (exact) mass is 546 g/mol. The molecule has 10 heteroatoms. The summed E-state index contributed by atoms with van der Waals surface area (Å²) in [7, 11) is 0. The second-order valence-electron chi connectivity index (χ2n) is 11.1. The van der Waals surface area contributed by atoms with Crippen LogP contribution in [0.4, 0.5) is 0 Å². The zero-order valence-electron chi connectivity index (χ0n) is 23.5. The highest BCUT2D eigenvalue weighted by Crippen LogP contribution is 2.30. The molecule has 0 bridgehead atoms. The molecule has 2 heterocycles. The number of aliphatic carboxylic acids is 1. The van der Waals surface area contributed by atoms with Crippen molar-refractivity contribution in [3.05, 3.63) is 47.1 Å². The van der Waals surface area contributed by atoms with Gasteiger partial charge < -0.3 is 30.1 Å². The van der Waals surface area contributed by atoms with Crippen molar-refractivity contribution in [2.75, 3.05) is 6.61 Å². The lowest BCUT2D eigenvalue weighted by molar-refractivity contribution is -0.681. The average molecular weight is 547 g/mol. The fourth-order valence-electron chi connectivity index (χ4n) is 4.90. The molecule has 0 saturated heterocycles. The number of aliphatic hydroxyl groups excluding tert-OH is 4. The molecule has 4 atom stereocenters. The van der Waals surface area contributed by atoms with Crippen LogP contribution >= 0.6 is 0 Å². The van der Waals surface area contributed by atoms with Gasteiger partial charge in [0.2, 0.25) is 6.33 Å². The van der Waals surface area contributed by atoms with Gasteiger partial charge in [0.05, 0.1) is 12.3 Å². The van der Waals surface area contributed by atoms with Crippen molar-refractivity contribution in [1.29, 1.82) is 0 Å². The van der Waals surface area contributed by atoms with Gasteiger partial charge in [0.15, 0.2) is 22.8 Å². The Morgan fingerprint density at radius 3 is 2.38 bits per heavy atom. The first-order valence-electron chi connectivity index (χ1n) is 13.8. The van der Waals surface area contributed by atoms with Crippen molar-refractivity contribution in [2.45, 2.75) is 104 Å². The van der Waals surface area contributed by atoms with Crippen LogP contribution in [0.5, 0.6) is 0 Å². The first-order chi connectivity index (χ1) is 18.5. The van der Waals surface area contributed by atoms with Gasteiger partial charge >= 0.3 is 5.97 Å². The van der Waals surface area contributed by atoms with E-state index in [0.717, 1.165) is 47.8 Å². The molecule has 2 aromatic heterocycles. The summed E-state index contributed by atoms with van der Waals surface area (Å²) in [6.45, 7) is 7.83. The van der Waals surface area contributed by atoms with Crippen molar-refractivity contribution in [1.82, 2.24) is 9.72 Å². The van der Waals surface area contributed by atoms with Crippen LogP contribution in [0.1, 0.15) is 81.0 Å². The first-order valence-corrected chi connectivity index (χ1v) is 13.8. The Bertz CT molecular complexity index is 1220. The van der Waals surface area contributed by atoms with Crippen LogP contribution in [0.15, 0.2) is 29.0 Å². The maximum atomic E-state index is 10.9. The van der Waals surface area contributed by atoms with Gasteiger partial charge in [-0.1, -0.05) is 31.8 Å². The van der Waals surface area contributed by atoms with E-state index in [1.165, 1.54) is 0 Å². The smallest absolute Gasteiger partial charge is 0.303 e. The maximum absolute atomic E-state index is 10.9. The molecule has 0 spiro atoms. The van der Waals surface area contributed by atoms with Crippen molar-refractivity contribution in [3.63, 3.8) is 0 Å². The van der Waals surface area contributed by atoms with Gasteiger partial charge in [-0.3, -0.25) is 4.79 Å². The fraction of sp³-hybridized carbons (Fsp3) is 0.621. The molecule has 0 aliphatic heterocycles. The second kappa shape index (κ2) is 14.0. The number of hydrogen-bond acceptors (Lipinski definition) is 7. The number of fused-ring (bicyclic) bond motifs is 1. The van der Waals surface area contributed by atoms with Crippen molar-refractivity contribution in [3.8, 4) is 0 Å². The SMILES string of the molecule is Cc1cc2c(cc1C)[n+](C[C@H](O)[C@H](O)[C@H](O)CO)cn2[C@@H](CCCCC(C)C)c1cc(CCCC(=O)O)no1. The molecule has 0 aliphatic carbocycles. The van der Waals surface area contributed by atoms with Crippen LogP contribution in [0.25, 0.3) is 11.0 Å². The summed E-state index contributed by atoms with van der Waals surface area (Å²) in [5, 5.41) is 53.2. The summed E-state index contributed by atoms with van der Waals surface area (Å²) in [6.07, 6.45) is 2.65. The Hall–Kier alpha value is -2.79. The number of unbranched alkanes of at least 4 members (excludes halogenated alkanes) is 1. The normalized spacial score (nSPS) is 15.1. The Balaban J connectivity index is 2.00. The highest BCUT2D eigenvalue weighted by atomic mass is 16.5. The summed E-state index contributed by atoms with van der Waals surface area (Å²) >= 11 is 0. The number of carboxylic acid groups (broad SMARTS) is 1. The third kappa shape index (κ3) is 8.11. The number of aromatic nitrogens is 3. The minimum Gasteiger partial charge on any atom is -0.481 e. The molecule has 1 aromatic carbocycles. The molecule has 3 aromatic rings. The lowest BCUT2D eigenvalue weighted by Gasteiger charge is -2.20. The number of carboxylic acids is 1. The summed E-state index contributed by atoms with van der Waals surface area (Å²) in [5.74, 6) is 0.454. The lowest BCUT2D eigenvalue weighted by Crippen LogP contribution is -2.48. The van der Waals surface area contributed by atoms with E-state index in [9.17, 15) is 25.2 Å². The molecule has 5 N–H and O–H groups in total. The first kappa shape index (κ1) is 30.7. The molecule has 216 valence electrons. The van der Waals surface area contributed by atoms with Gasteiger partial charge in [-0.2, -0.15) is 0 Å². The van der Waals surface area contributed by atoms with E-state index in [2.05, 4.69) is 29.6 Å². The molecule has 3 rings (SSSR count). The van der Waals surface area contributed by atoms with Gasteiger partial charge in [0.1, 0.15) is 24.9 Å². The Kier molecular flexibility index (Phi) is 11.1. The largest absolute Gasteiger partial charge is 0.481 e. The van der Waals surface area contributed by atoms with Crippen molar-refractivity contribution < 1.29 is 39.4 Å². The highest BCUT2D eigenvalue weighted by molar-refractivity contribution is 5.74. The molecule has 39 heavy (non-hydrogen) atoms. The van der Waals surface area contributed by atoms with Crippen molar-refractivity contribution in [2.24, 2.45) is 5.92 Å². The number of aliphatic hydroxyl groups is 4. The third-order valence-electron chi connectivity index (χ3n) is 7.38. The number of nitrogens with zero attached hydrogens (tertiary/aromatic N) is 3. The molecule has 10 nitrogen and oxygen atoms in total. The molecule has 0 amide bonds. The Morgan fingerprint density at radius 1 is 1.03 bits per heavy atom. The predicted molar refractivity (Wildman–Crippen MR) is 145 cm³/mol. The number of aryl methyl sites for hydroxylation is 3. The van der Waals surface area contributed by atoms with Crippen LogP contribution in [0.3, 0.4) is 0 Å². The maximum Gasteiger partial charge on any atom is 0.303 e. The van der Waals surface area contributed by atoms with E-state index in [4.69, 9.17) is 9.63 Å². The van der Waals surface area contributed by atoms with E-state index >= 15 is 0 Å². The van der Waals surface area contributed by atoms with Crippen LogP contribution in [0.2, 0.25) is 0 Å². The van der Waals surface area contributed by atoms with Crippen LogP contribution < -0.4 is 4.57 Å². The van der Waals surface area contributed by atoms with E-state index < -0.39 is 30.9 Å². The van der Waals surface area contributed by atoms with Gasteiger partial charge in [-0.15, -0.1) is 0 Å². The summed E-state index contributed by atoms with van der Waals surface area (Å²) < 4.78 is 9.78. The summed E-state index contributed by atoms with van der Waals surface area (Å²) in [4.78, 5) is 10.9. The third-order valence-corrected chi connectivity index (χ3v) is 7.38. The van der Waals surface area contributed by atoms with Gasteiger partial charge in [-0.05, 0) is 68.7 Å². The molecule has 0 radical (unpaired) electrons. The summed E-state index contributed by atoms with van der Waals surface area (Å²) in [5.41, 5.74) is 4.69. The zero-order valence-corrected chi connectivity index (χ0v) is 23.5. The fourth-order valence-corrected chi connectivity index (χ4v) is 4.90. The standard InChI is InChI=1S/C29H43N3O7/c1-18(2)8-5-6-10-22(27-14-21(30-39-27)9-7-11-28(36)37)32-17-31(15-25(34)29(38)26(35)16-33)23-12-19(3)20(4)13-24(23)32/h12-14,17-18,22,25-26,29,33-35,38H,5-11,15-16H2,1-4H3/p+1/t22-,25-,26+,29-/m0/s1. The predicted octanol–water partition coefficient (Wildman–Crippen LogP) is 2.82. The van der Waals surface area contributed by atoms with E-state index in [1.807, 2.05) is 36.9 Å². The minimum absolute atomic E-state index is 0.0150. The average Bonchev–Trinajstić information content (AvgIpc) is 3.48. The molecule has 0 saturated carbocycles. The van der Waals surface area contributed by atoms with Gasteiger partial charge in [0, 0.05) is 12.5 Å². The lowest BCUT2D eigenvalue weighted by atomic mass is 10.0. The number of benzene rings is 1. The molecule has 0 aliphatic rings. The molecular formula is C29H44N3O7+. The zero-order chi connectivity index (χ0) is 28.7. The summed E-state index contributed by atoms with van der Waals surface area (Å²) in [6, 6.07) is 5.85. The number of hydrogen-bond donors (Lipinski definition) is 5. The minimum atomic E-state index is -1.50. The number of imidazole rings is 1. The van der Waals surface area contributed by atoms with E-state index in [1.54, 1.807) is 0 Å².